The van der Waals surface area contributed by atoms with Gasteiger partial charge >= 0.3 is 0 Å². The molecule has 0 aliphatic heterocycles. The number of nitrogens with two attached hydrogens (primary N) is 1. The van der Waals surface area contributed by atoms with Gasteiger partial charge in [0.25, 0.3) is 0 Å². The van der Waals surface area contributed by atoms with Crippen LogP contribution in [0.1, 0.15) is 95.0 Å². The Morgan fingerprint density at radius 2 is 1.12 bits per heavy atom. The Kier molecular flexibility index (Phi) is 20.6. The van der Waals surface area contributed by atoms with Crippen molar-refractivity contribution in [2.24, 2.45) is 10.1 Å². The number of aldehydes is 1. The Morgan fingerprint density at radius 3 is 1.46 bits per heavy atom. The molecule has 0 saturated carbocycles. The summed E-state index contributed by atoms with van der Waals surface area (Å²) < 4.78 is 29.8. The SMILES string of the molecule is CC(C)(C)[S+]([O-])N=Cc1ccc(Cl)cn1.C[C@H](N)c1ccc(Cl)cn1.C[C@H](N[S+]([O-])C(C)(C)C)c1ccc(Cl)cn1.O=Cc1ccc(Cl)cn1. The van der Waals surface area contributed by atoms with Gasteiger partial charge in [-0.05, 0) is 104 Å². The van der Waals surface area contributed by atoms with Crippen LogP contribution in [0, 0.1) is 0 Å². The predicted octanol–water partition coefficient (Wildman–Crippen LogP) is 8.77. The van der Waals surface area contributed by atoms with Crippen molar-refractivity contribution in [1.29, 1.82) is 0 Å². The number of hydrogen-bond acceptors (Lipinski definition) is 10. The highest BCUT2D eigenvalue weighted by atomic mass is 35.5. The van der Waals surface area contributed by atoms with E-state index >= 15 is 0 Å². The van der Waals surface area contributed by atoms with E-state index in [1.807, 2.05) is 67.5 Å². The molecule has 50 heavy (non-hydrogen) atoms. The largest absolute Gasteiger partial charge is 0.598 e. The lowest BCUT2D eigenvalue weighted by molar-refractivity contribution is 0.111. The van der Waals surface area contributed by atoms with Crippen LogP contribution < -0.4 is 10.5 Å². The monoisotopic (exact) mass is 801 g/mol. The zero-order valence-corrected chi connectivity index (χ0v) is 33.8. The van der Waals surface area contributed by atoms with Crippen LogP contribution in [-0.2, 0) is 22.7 Å². The van der Waals surface area contributed by atoms with Crippen molar-refractivity contribution in [3.63, 3.8) is 0 Å². The van der Waals surface area contributed by atoms with Crippen molar-refractivity contribution in [3.05, 3.63) is 116 Å². The zero-order chi connectivity index (χ0) is 38.1. The lowest BCUT2D eigenvalue weighted by atomic mass is 10.2. The minimum atomic E-state index is -1.25. The van der Waals surface area contributed by atoms with E-state index < -0.39 is 22.7 Å². The highest BCUT2D eigenvalue weighted by molar-refractivity contribution is 7.91. The summed E-state index contributed by atoms with van der Waals surface area (Å²) in [5.41, 5.74) is 8.31. The molecule has 0 spiro atoms. The van der Waals surface area contributed by atoms with E-state index in [0.717, 1.165) is 11.4 Å². The maximum absolute atomic E-state index is 11.9. The number of hydrogen-bond donors (Lipinski definition) is 2. The van der Waals surface area contributed by atoms with Crippen LogP contribution in [0.25, 0.3) is 0 Å². The van der Waals surface area contributed by atoms with E-state index in [2.05, 4.69) is 29.1 Å². The van der Waals surface area contributed by atoms with Gasteiger partial charge in [0.2, 0.25) is 0 Å². The number of aromatic nitrogens is 4. The van der Waals surface area contributed by atoms with Gasteiger partial charge in [0.05, 0.1) is 43.2 Å². The normalized spacial score (nSPS) is 13.7. The molecule has 0 amide bonds. The van der Waals surface area contributed by atoms with E-state index in [9.17, 15) is 13.9 Å². The second-order valence-electron chi connectivity index (χ2n) is 12.3. The third-order valence-corrected chi connectivity index (χ3v) is 9.60. The molecule has 0 bridgehead atoms. The summed E-state index contributed by atoms with van der Waals surface area (Å²) in [6.45, 7) is 15.2. The molecule has 3 N–H and O–H groups in total. The molecule has 4 heterocycles. The van der Waals surface area contributed by atoms with Crippen molar-refractivity contribution in [2.45, 2.75) is 77.0 Å². The molecule has 4 atom stereocenters. The minimum absolute atomic E-state index is 0.0164. The van der Waals surface area contributed by atoms with Crippen LogP contribution in [0.5, 0.6) is 0 Å². The molecule has 2 unspecified atom stereocenters. The number of carbonyl (C=O) groups excluding carboxylic acids is 1. The van der Waals surface area contributed by atoms with Gasteiger partial charge in [-0.1, -0.05) is 50.8 Å². The van der Waals surface area contributed by atoms with E-state index in [4.69, 9.17) is 52.1 Å². The topological polar surface area (TPSA) is 165 Å². The number of carbonyl (C=O) groups is 1. The van der Waals surface area contributed by atoms with Crippen LogP contribution >= 0.6 is 46.4 Å². The third kappa shape index (κ3) is 19.3. The Balaban J connectivity index is 0.000000342. The summed E-state index contributed by atoms with van der Waals surface area (Å²) in [7, 11) is 0. The summed E-state index contributed by atoms with van der Waals surface area (Å²) in [5, 5.41) is 2.36. The molecule has 4 rings (SSSR count). The van der Waals surface area contributed by atoms with Crippen molar-refractivity contribution >= 4 is 81.6 Å². The van der Waals surface area contributed by atoms with Gasteiger partial charge in [-0.15, -0.1) is 4.72 Å². The Bertz CT molecular complexity index is 1570. The summed E-state index contributed by atoms with van der Waals surface area (Å²) in [4.78, 5) is 25.9. The van der Waals surface area contributed by atoms with Gasteiger partial charge in [0.1, 0.15) is 32.8 Å². The summed E-state index contributed by atoms with van der Waals surface area (Å²) in [6, 6.07) is 13.8. The Hall–Kier alpha value is -2.36. The molecule has 4 aromatic heterocycles. The Labute approximate surface area is 321 Å². The van der Waals surface area contributed by atoms with Gasteiger partial charge in [-0.3, -0.25) is 24.7 Å². The molecule has 0 radical (unpaired) electrons. The smallest absolute Gasteiger partial charge is 0.168 e. The van der Waals surface area contributed by atoms with Crippen molar-refractivity contribution in [1.82, 2.24) is 24.7 Å². The lowest BCUT2D eigenvalue weighted by Gasteiger charge is -2.26. The van der Waals surface area contributed by atoms with E-state index in [1.165, 1.54) is 18.6 Å². The molecule has 0 aliphatic carbocycles. The molecule has 10 nitrogen and oxygen atoms in total. The number of nitrogens with one attached hydrogen (secondary N) is 1. The van der Waals surface area contributed by atoms with E-state index in [-0.39, 0.29) is 21.6 Å². The van der Waals surface area contributed by atoms with Crippen molar-refractivity contribution in [3.8, 4) is 0 Å². The molecular weight excluding hydrogens is 760 g/mol. The number of rotatable bonds is 7. The Morgan fingerprint density at radius 1 is 0.700 bits per heavy atom. The molecule has 0 aromatic carbocycles. The third-order valence-electron chi connectivity index (χ3n) is 5.68. The molecule has 0 aliphatic rings. The highest BCUT2D eigenvalue weighted by Crippen LogP contribution is 2.20. The molecule has 272 valence electrons. The lowest BCUT2D eigenvalue weighted by Crippen LogP contribution is -2.40. The summed E-state index contributed by atoms with van der Waals surface area (Å²) in [5.74, 6) is 0. The number of pyridine rings is 4. The first-order valence-electron chi connectivity index (χ1n) is 15.0. The van der Waals surface area contributed by atoms with Crippen LogP contribution in [0.3, 0.4) is 0 Å². The molecular formula is C34H43Cl4N7O3S2. The molecule has 0 fully saturated rings. The molecule has 0 saturated heterocycles. The second kappa shape index (κ2) is 22.5. The average molecular weight is 804 g/mol. The standard InChI is InChI=1S/C11H17ClN2OS.C10H13ClN2OS.C7H9ClN2.C6H4ClNO/c1-8(14-16(15)11(2,3)4)10-6-5-9(12)7-13-10;1-10(2,3)15(14)13-7-9-5-4-8(11)6-12-9;1-5(9)7-3-2-6(8)4-10-7;7-5-1-2-6(4-9)8-3-5/h5-8,14H,1-4H3;4-7H,1-3H3;2-5H,9H2,1H3;1-4H/t8-,16?;;5-;/m0.0./s1. The first-order valence-corrected chi connectivity index (χ1v) is 18.8. The predicted molar refractivity (Wildman–Crippen MR) is 210 cm³/mol. The van der Waals surface area contributed by atoms with E-state index in [1.54, 1.807) is 48.8 Å². The van der Waals surface area contributed by atoms with Crippen LogP contribution in [-0.4, -0.2) is 51.0 Å². The highest BCUT2D eigenvalue weighted by Gasteiger charge is 2.28. The first-order chi connectivity index (χ1) is 23.2. The van der Waals surface area contributed by atoms with Gasteiger partial charge in [0, 0.05) is 42.2 Å². The fraction of sp³-hybridized carbons (Fsp3) is 0.353. The van der Waals surface area contributed by atoms with Gasteiger partial charge in [-0.2, -0.15) is 0 Å². The second-order valence-corrected chi connectivity index (χ2v) is 18.0. The molecule has 4 aromatic rings. The minimum Gasteiger partial charge on any atom is -0.598 e. The van der Waals surface area contributed by atoms with Gasteiger partial charge in [-0.25, -0.2) is 0 Å². The van der Waals surface area contributed by atoms with Crippen LogP contribution in [0.15, 0.2) is 77.7 Å². The quantitative estimate of drug-likeness (QED) is 0.106. The van der Waals surface area contributed by atoms with Crippen LogP contribution in [0.2, 0.25) is 20.1 Å². The van der Waals surface area contributed by atoms with E-state index in [0.29, 0.717) is 37.8 Å². The molecule has 16 heteroatoms. The summed E-state index contributed by atoms with van der Waals surface area (Å²) in [6.07, 6.45) is 8.33. The maximum atomic E-state index is 11.9. The number of nitrogens with zero attached hydrogens (tertiary/aromatic N) is 5. The first kappa shape index (κ1) is 45.7. The zero-order valence-electron chi connectivity index (χ0n) is 29.1. The fourth-order valence-electron chi connectivity index (χ4n) is 2.88. The van der Waals surface area contributed by atoms with Crippen molar-refractivity contribution in [2.75, 3.05) is 0 Å². The van der Waals surface area contributed by atoms with Gasteiger partial charge in [0.15, 0.2) is 6.29 Å². The maximum Gasteiger partial charge on any atom is 0.168 e. The number of halogens is 4. The van der Waals surface area contributed by atoms with Gasteiger partial charge < -0.3 is 14.8 Å². The fourth-order valence-corrected chi connectivity index (χ4v) is 4.64. The van der Waals surface area contributed by atoms with Crippen LogP contribution in [0.4, 0.5) is 0 Å². The summed E-state index contributed by atoms with van der Waals surface area (Å²) >= 11 is 20.2. The van der Waals surface area contributed by atoms with Crippen molar-refractivity contribution < 1.29 is 13.9 Å². The average Bonchev–Trinajstić information content (AvgIpc) is 3.05.